The van der Waals surface area contributed by atoms with Crippen LogP contribution in [-0.4, -0.2) is 26.5 Å². The van der Waals surface area contributed by atoms with E-state index in [1.807, 2.05) is 18.2 Å². The molecule has 0 saturated carbocycles. The van der Waals surface area contributed by atoms with Gasteiger partial charge in [0.15, 0.2) is 0 Å². The molecule has 4 rings (SSSR count). The smallest absolute Gasteiger partial charge is 0.206 e. The molecule has 1 unspecified atom stereocenters. The van der Waals surface area contributed by atoms with Crippen molar-refractivity contribution >= 4 is 20.7 Å². The first-order valence-electron chi connectivity index (χ1n) is 8.23. The van der Waals surface area contributed by atoms with Gasteiger partial charge in [-0.25, -0.2) is 8.42 Å². The second-order valence-corrected chi connectivity index (χ2v) is 8.35. The molecule has 0 saturated heterocycles. The molecule has 24 heavy (non-hydrogen) atoms. The topological polar surface area (TPSA) is 62.0 Å². The standard InChI is InChI=1S/C19H20N2O2S/c1-13-12-20-10-9-18-19(13)16-11-15(7-8-17(16)21-18)24(22,23)14-5-3-2-4-6-14/h2-8,11,13,20-21H,9-10,12H2,1H3. The van der Waals surface area contributed by atoms with Crippen molar-refractivity contribution < 1.29 is 8.42 Å². The minimum Gasteiger partial charge on any atom is -0.358 e. The van der Waals surface area contributed by atoms with Crippen LogP contribution in [0.5, 0.6) is 0 Å². The lowest BCUT2D eigenvalue weighted by molar-refractivity contribution is 0.596. The summed E-state index contributed by atoms with van der Waals surface area (Å²) >= 11 is 0. The molecule has 2 heterocycles. The molecule has 1 aromatic heterocycles. The summed E-state index contributed by atoms with van der Waals surface area (Å²) in [5, 5.41) is 4.45. The maximum Gasteiger partial charge on any atom is 0.206 e. The van der Waals surface area contributed by atoms with Crippen molar-refractivity contribution in [3.63, 3.8) is 0 Å². The molecule has 0 amide bonds. The van der Waals surface area contributed by atoms with Crippen LogP contribution in [-0.2, 0) is 16.3 Å². The van der Waals surface area contributed by atoms with Crippen LogP contribution in [0, 0.1) is 0 Å². The Bertz CT molecular complexity index is 991. The molecule has 4 nitrogen and oxygen atoms in total. The van der Waals surface area contributed by atoms with Crippen molar-refractivity contribution in [3.05, 3.63) is 59.8 Å². The van der Waals surface area contributed by atoms with Crippen LogP contribution in [0.2, 0.25) is 0 Å². The average molecular weight is 340 g/mol. The lowest BCUT2D eigenvalue weighted by atomic mass is 9.98. The number of aromatic nitrogens is 1. The third kappa shape index (κ3) is 2.44. The van der Waals surface area contributed by atoms with Crippen LogP contribution in [0.25, 0.3) is 10.9 Å². The zero-order valence-electron chi connectivity index (χ0n) is 13.5. The van der Waals surface area contributed by atoms with Crippen LogP contribution in [0.4, 0.5) is 0 Å². The number of H-pyrrole nitrogens is 1. The fourth-order valence-corrected chi connectivity index (χ4v) is 4.85. The van der Waals surface area contributed by atoms with Gasteiger partial charge in [-0.2, -0.15) is 0 Å². The Morgan fingerprint density at radius 3 is 2.62 bits per heavy atom. The van der Waals surface area contributed by atoms with E-state index in [1.165, 1.54) is 11.3 Å². The van der Waals surface area contributed by atoms with Crippen LogP contribution in [0.3, 0.4) is 0 Å². The third-order valence-electron chi connectivity index (χ3n) is 4.75. The maximum absolute atomic E-state index is 12.9. The highest BCUT2D eigenvalue weighted by atomic mass is 32.2. The predicted octanol–water partition coefficient (Wildman–Crippen LogP) is 3.25. The second kappa shape index (κ2) is 5.76. The van der Waals surface area contributed by atoms with Crippen LogP contribution >= 0.6 is 0 Å². The van der Waals surface area contributed by atoms with Gasteiger partial charge in [-0.05, 0) is 41.8 Å². The van der Waals surface area contributed by atoms with Gasteiger partial charge in [0, 0.05) is 36.1 Å². The van der Waals surface area contributed by atoms with Gasteiger partial charge in [-0.15, -0.1) is 0 Å². The van der Waals surface area contributed by atoms with Gasteiger partial charge in [0.25, 0.3) is 0 Å². The molecule has 124 valence electrons. The summed E-state index contributed by atoms with van der Waals surface area (Å²) in [6.07, 6.45) is 0.940. The third-order valence-corrected chi connectivity index (χ3v) is 6.52. The van der Waals surface area contributed by atoms with Crippen LogP contribution < -0.4 is 5.32 Å². The fraction of sp³-hybridized carbons (Fsp3) is 0.263. The largest absolute Gasteiger partial charge is 0.358 e. The van der Waals surface area contributed by atoms with Crippen molar-refractivity contribution in [1.29, 1.82) is 0 Å². The first kappa shape index (κ1) is 15.4. The molecule has 0 fully saturated rings. The Morgan fingerprint density at radius 1 is 1.04 bits per heavy atom. The number of benzene rings is 2. The highest BCUT2D eigenvalue weighted by Gasteiger charge is 2.23. The first-order valence-corrected chi connectivity index (χ1v) is 9.71. The molecule has 5 heteroatoms. The van der Waals surface area contributed by atoms with Crippen molar-refractivity contribution in [3.8, 4) is 0 Å². The summed E-state index contributed by atoms with van der Waals surface area (Å²) in [6.45, 7) is 4.04. The van der Waals surface area contributed by atoms with E-state index in [0.29, 0.717) is 15.7 Å². The van der Waals surface area contributed by atoms with E-state index < -0.39 is 9.84 Å². The van der Waals surface area contributed by atoms with E-state index in [9.17, 15) is 8.42 Å². The Labute approximate surface area is 141 Å². The normalized spacial score (nSPS) is 18.3. The summed E-state index contributed by atoms with van der Waals surface area (Å²) in [7, 11) is -3.49. The summed E-state index contributed by atoms with van der Waals surface area (Å²) < 4.78 is 25.8. The van der Waals surface area contributed by atoms with E-state index in [4.69, 9.17) is 0 Å². The number of hydrogen-bond donors (Lipinski definition) is 2. The van der Waals surface area contributed by atoms with E-state index in [-0.39, 0.29) is 0 Å². The Balaban J connectivity index is 1.90. The Morgan fingerprint density at radius 2 is 1.83 bits per heavy atom. The zero-order valence-corrected chi connectivity index (χ0v) is 14.4. The summed E-state index contributed by atoms with van der Waals surface area (Å²) in [5.41, 5.74) is 3.48. The maximum atomic E-state index is 12.9. The highest BCUT2D eigenvalue weighted by molar-refractivity contribution is 7.91. The molecule has 1 aliphatic rings. The SMILES string of the molecule is CC1CNCCc2[nH]c3ccc(S(=O)(=O)c4ccccc4)cc3c21. The van der Waals surface area contributed by atoms with Gasteiger partial charge in [0.1, 0.15) is 0 Å². The monoisotopic (exact) mass is 340 g/mol. The van der Waals surface area contributed by atoms with Gasteiger partial charge in [0.2, 0.25) is 9.84 Å². The number of sulfone groups is 1. The van der Waals surface area contributed by atoms with Crippen molar-refractivity contribution in [2.24, 2.45) is 0 Å². The molecule has 1 aliphatic heterocycles. The molecular weight excluding hydrogens is 320 g/mol. The van der Waals surface area contributed by atoms with Crippen LogP contribution in [0.15, 0.2) is 58.3 Å². The molecular formula is C19H20N2O2S. The first-order chi connectivity index (χ1) is 11.6. The molecule has 2 aromatic carbocycles. The van der Waals surface area contributed by atoms with Crippen molar-refractivity contribution in [2.45, 2.75) is 29.1 Å². The molecule has 0 spiro atoms. The zero-order chi connectivity index (χ0) is 16.7. The fourth-order valence-electron chi connectivity index (χ4n) is 3.54. The summed E-state index contributed by atoms with van der Waals surface area (Å²) in [5.74, 6) is 0.353. The molecule has 1 atom stereocenters. The lowest BCUT2D eigenvalue weighted by Crippen LogP contribution is -2.18. The molecule has 3 aromatic rings. The van der Waals surface area contributed by atoms with E-state index in [1.54, 1.807) is 30.3 Å². The molecule has 0 aliphatic carbocycles. The minimum absolute atomic E-state index is 0.334. The van der Waals surface area contributed by atoms with Gasteiger partial charge in [0.05, 0.1) is 9.79 Å². The van der Waals surface area contributed by atoms with Crippen molar-refractivity contribution in [2.75, 3.05) is 13.1 Å². The molecule has 0 bridgehead atoms. The lowest BCUT2D eigenvalue weighted by Gasteiger charge is -2.10. The second-order valence-electron chi connectivity index (χ2n) is 6.40. The number of fused-ring (bicyclic) bond motifs is 3. The van der Waals surface area contributed by atoms with Gasteiger partial charge >= 0.3 is 0 Å². The number of rotatable bonds is 2. The average Bonchev–Trinajstić information content (AvgIpc) is 2.86. The molecule has 0 radical (unpaired) electrons. The van der Waals surface area contributed by atoms with Crippen LogP contribution in [0.1, 0.15) is 24.1 Å². The summed E-state index contributed by atoms with van der Waals surface area (Å²) in [4.78, 5) is 4.16. The van der Waals surface area contributed by atoms with Gasteiger partial charge < -0.3 is 10.3 Å². The van der Waals surface area contributed by atoms with E-state index in [0.717, 1.165) is 30.4 Å². The Hall–Kier alpha value is -2.11. The quantitative estimate of drug-likeness (QED) is 0.753. The molecule has 2 N–H and O–H groups in total. The minimum atomic E-state index is -3.49. The van der Waals surface area contributed by atoms with Crippen molar-refractivity contribution in [1.82, 2.24) is 10.3 Å². The predicted molar refractivity (Wildman–Crippen MR) is 95.2 cm³/mol. The van der Waals surface area contributed by atoms with Gasteiger partial charge in [-0.3, -0.25) is 0 Å². The van der Waals surface area contributed by atoms with Gasteiger partial charge in [-0.1, -0.05) is 25.1 Å². The summed E-state index contributed by atoms with van der Waals surface area (Å²) in [6, 6.07) is 14.0. The number of hydrogen-bond acceptors (Lipinski definition) is 3. The van der Waals surface area contributed by atoms with E-state index in [2.05, 4.69) is 17.2 Å². The highest BCUT2D eigenvalue weighted by Crippen LogP contribution is 2.33. The number of nitrogens with one attached hydrogen (secondary N) is 2. The number of aromatic amines is 1. The van der Waals surface area contributed by atoms with E-state index >= 15 is 0 Å². The Kier molecular flexibility index (Phi) is 3.70.